The number of para-hydroxylation sites is 1. The average Bonchev–Trinajstić information content (AvgIpc) is 3.48. The standard InChI is InChI=1S/C23H19N3O3S2/c1-30-18-10-5-7-16(13-18)24-22(27)15-29-23(28)20-14-19(21-11-6-12-31-21)25-26(20)17-8-3-2-4-9-17/h2-14H,15H2,1H3,(H,24,27). The Hall–Kier alpha value is -3.36. The Kier molecular flexibility index (Phi) is 6.49. The molecule has 0 aliphatic heterocycles. The van der Waals surface area contributed by atoms with Crippen molar-refractivity contribution in [2.24, 2.45) is 0 Å². The SMILES string of the molecule is CSc1cccc(NC(=O)COC(=O)c2cc(-c3cccs3)nn2-c2ccccc2)c1. The maximum absolute atomic E-state index is 12.8. The van der Waals surface area contributed by atoms with Crippen LogP contribution in [0.1, 0.15) is 10.5 Å². The van der Waals surface area contributed by atoms with Crippen molar-refractivity contribution in [2.75, 3.05) is 18.2 Å². The van der Waals surface area contributed by atoms with Gasteiger partial charge in [0.1, 0.15) is 5.69 Å². The molecule has 0 aliphatic carbocycles. The number of carbonyl (C=O) groups excluding carboxylic acids is 2. The van der Waals surface area contributed by atoms with Crippen LogP contribution in [0.2, 0.25) is 0 Å². The topological polar surface area (TPSA) is 73.2 Å². The van der Waals surface area contributed by atoms with Crippen LogP contribution in [0.3, 0.4) is 0 Å². The van der Waals surface area contributed by atoms with E-state index in [4.69, 9.17) is 4.74 Å². The Bertz CT molecular complexity index is 1190. The highest BCUT2D eigenvalue weighted by molar-refractivity contribution is 7.98. The fourth-order valence-corrected chi connectivity index (χ4v) is 4.08. The molecule has 6 nitrogen and oxygen atoms in total. The van der Waals surface area contributed by atoms with Crippen LogP contribution in [-0.2, 0) is 9.53 Å². The van der Waals surface area contributed by atoms with Crippen LogP contribution < -0.4 is 5.32 Å². The van der Waals surface area contributed by atoms with Crippen LogP contribution in [0.25, 0.3) is 16.3 Å². The first kappa shape index (κ1) is 20.9. The predicted octanol–water partition coefficient (Wildman–Crippen LogP) is 5.12. The molecule has 0 atom stereocenters. The molecule has 0 fully saturated rings. The van der Waals surface area contributed by atoms with Crippen LogP contribution in [0.4, 0.5) is 5.69 Å². The number of nitrogens with one attached hydrogen (secondary N) is 1. The van der Waals surface area contributed by atoms with E-state index in [1.165, 1.54) is 16.0 Å². The zero-order chi connectivity index (χ0) is 21.6. The third kappa shape index (κ3) is 5.04. The van der Waals surface area contributed by atoms with E-state index in [2.05, 4.69) is 10.4 Å². The van der Waals surface area contributed by atoms with Gasteiger partial charge in [0.2, 0.25) is 0 Å². The van der Waals surface area contributed by atoms with Gasteiger partial charge in [0.05, 0.1) is 10.6 Å². The number of amides is 1. The minimum absolute atomic E-state index is 0.256. The second kappa shape index (κ2) is 9.63. The van der Waals surface area contributed by atoms with E-state index >= 15 is 0 Å². The summed E-state index contributed by atoms with van der Waals surface area (Å²) in [6.07, 6.45) is 1.96. The van der Waals surface area contributed by atoms with Crippen molar-refractivity contribution in [1.29, 1.82) is 0 Å². The first-order chi connectivity index (χ1) is 15.1. The first-order valence-corrected chi connectivity index (χ1v) is 11.5. The molecule has 4 aromatic rings. The third-order valence-corrected chi connectivity index (χ3v) is 6.00. The summed E-state index contributed by atoms with van der Waals surface area (Å²) in [5.74, 6) is -1.02. The van der Waals surface area contributed by atoms with Gasteiger partial charge in [-0.15, -0.1) is 23.1 Å². The number of aromatic nitrogens is 2. The molecule has 156 valence electrons. The molecule has 0 bridgehead atoms. The van der Waals surface area contributed by atoms with Crippen LogP contribution in [-0.4, -0.2) is 34.5 Å². The number of rotatable bonds is 7. The maximum Gasteiger partial charge on any atom is 0.357 e. The maximum atomic E-state index is 12.8. The lowest BCUT2D eigenvalue weighted by Crippen LogP contribution is -2.22. The summed E-state index contributed by atoms with van der Waals surface area (Å²) in [6, 6.07) is 22.3. The number of carbonyl (C=O) groups is 2. The minimum atomic E-state index is -0.618. The summed E-state index contributed by atoms with van der Waals surface area (Å²) in [4.78, 5) is 27.1. The summed E-state index contributed by atoms with van der Waals surface area (Å²) in [7, 11) is 0. The van der Waals surface area contributed by atoms with Crippen molar-refractivity contribution in [3.8, 4) is 16.3 Å². The van der Waals surface area contributed by atoms with E-state index < -0.39 is 18.5 Å². The number of thioether (sulfide) groups is 1. The van der Waals surface area contributed by atoms with Crippen molar-refractivity contribution < 1.29 is 14.3 Å². The molecule has 0 radical (unpaired) electrons. The Balaban J connectivity index is 1.50. The van der Waals surface area contributed by atoms with Crippen LogP contribution >= 0.6 is 23.1 Å². The molecule has 2 aromatic carbocycles. The summed E-state index contributed by atoms with van der Waals surface area (Å²) < 4.78 is 6.84. The number of hydrogen-bond acceptors (Lipinski definition) is 6. The fourth-order valence-electron chi connectivity index (χ4n) is 2.94. The number of ether oxygens (including phenoxy) is 1. The lowest BCUT2D eigenvalue weighted by molar-refractivity contribution is -0.119. The summed E-state index contributed by atoms with van der Waals surface area (Å²) in [5, 5.41) is 9.28. The van der Waals surface area contributed by atoms with Gasteiger partial charge in [0.25, 0.3) is 5.91 Å². The van der Waals surface area contributed by atoms with E-state index in [9.17, 15) is 9.59 Å². The fraction of sp³-hybridized carbons (Fsp3) is 0.0870. The number of nitrogens with zero attached hydrogens (tertiary/aromatic N) is 2. The number of anilines is 1. The van der Waals surface area contributed by atoms with E-state index in [-0.39, 0.29) is 5.69 Å². The van der Waals surface area contributed by atoms with Crippen molar-refractivity contribution in [3.63, 3.8) is 0 Å². The third-order valence-electron chi connectivity index (χ3n) is 4.38. The molecule has 0 aliphatic rings. The van der Waals surface area contributed by atoms with E-state index in [1.54, 1.807) is 23.9 Å². The highest BCUT2D eigenvalue weighted by atomic mass is 32.2. The molecule has 1 N–H and O–H groups in total. The van der Waals surface area contributed by atoms with Crippen LogP contribution in [0, 0.1) is 0 Å². The van der Waals surface area contributed by atoms with Crippen molar-refractivity contribution in [3.05, 3.63) is 83.9 Å². The van der Waals surface area contributed by atoms with Gasteiger partial charge in [-0.2, -0.15) is 5.10 Å². The van der Waals surface area contributed by atoms with Gasteiger partial charge in [-0.3, -0.25) is 4.79 Å². The van der Waals surface area contributed by atoms with Crippen molar-refractivity contribution >= 4 is 40.7 Å². The molecule has 2 aromatic heterocycles. The van der Waals surface area contributed by atoms with Gasteiger partial charge in [0.15, 0.2) is 12.3 Å². The van der Waals surface area contributed by atoms with E-state index in [1.807, 2.05) is 72.3 Å². The smallest absolute Gasteiger partial charge is 0.357 e. The van der Waals surface area contributed by atoms with Crippen LogP contribution in [0.15, 0.2) is 83.1 Å². The molecule has 0 saturated carbocycles. The summed E-state index contributed by atoms with van der Waals surface area (Å²) in [6.45, 7) is -0.392. The molecular weight excluding hydrogens is 430 g/mol. The lowest BCUT2D eigenvalue weighted by Gasteiger charge is -2.09. The second-order valence-electron chi connectivity index (χ2n) is 6.50. The van der Waals surface area contributed by atoms with Gasteiger partial charge in [-0.25, -0.2) is 9.48 Å². The molecule has 2 heterocycles. The first-order valence-electron chi connectivity index (χ1n) is 9.44. The molecule has 1 amide bonds. The Labute approximate surface area is 187 Å². The van der Waals surface area contributed by atoms with Gasteiger partial charge in [0, 0.05) is 16.6 Å². The zero-order valence-electron chi connectivity index (χ0n) is 16.6. The van der Waals surface area contributed by atoms with Gasteiger partial charge in [-0.05, 0) is 48.0 Å². The zero-order valence-corrected chi connectivity index (χ0v) is 18.3. The highest BCUT2D eigenvalue weighted by Gasteiger charge is 2.20. The molecule has 0 spiro atoms. The highest BCUT2D eigenvalue weighted by Crippen LogP contribution is 2.26. The molecule has 0 unspecified atom stereocenters. The Morgan fingerprint density at radius 3 is 2.65 bits per heavy atom. The number of hydrogen-bond donors (Lipinski definition) is 1. The van der Waals surface area contributed by atoms with Crippen molar-refractivity contribution in [2.45, 2.75) is 4.90 Å². The largest absolute Gasteiger partial charge is 0.451 e. The molecular formula is C23H19N3O3S2. The van der Waals surface area contributed by atoms with Crippen LogP contribution in [0.5, 0.6) is 0 Å². The Morgan fingerprint density at radius 2 is 1.90 bits per heavy atom. The lowest BCUT2D eigenvalue weighted by atomic mass is 10.3. The second-order valence-corrected chi connectivity index (χ2v) is 8.32. The van der Waals surface area contributed by atoms with Gasteiger partial charge in [-0.1, -0.05) is 30.3 Å². The van der Waals surface area contributed by atoms with Crippen molar-refractivity contribution in [1.82, 2.24) is 9.78 Å². The van der Waals surface area contributed by atoms with E-state index in [0.29, 0.717) is 11.4 Å². The monoisotopic (exact) mass is 449 g/mol. The number of benzene rings is 2. The van der Waals surface area contributed by atoms with E-state index in [0.717, 1.165) is 15.5 Å². The van der Waals surface area contributed by atoms with Gasteiger partial charge >= 0.3 is 5.97 Å². The Morgan fingerprint density at radius 1 is 1.06 bits per heavy atom. The number of thiophene rings is 1. The molecule has 8 heteroatoms. The summed E-state index contributed by atoms with van der Waals surface area (Å²) >= 11 is 3.11. The number of esters is 1. The summed E-state index contributed by atoms with van der Waals surface area (Å²) in [5.41, 5.74) is 2.31. The quantitative estimate of drug-likeness (QED) is 0.313. The molecule has 4 rings (SSSR count). The normalized spacial score (nSPS) is 10.6. The predicted molar refractivity (Wildman–Crippen MR) is 124 cm³/mol. The molecule has 31 heavy (non-hydrogen) atoms. The average molecular weight is 450 g/mol. The van der Waals surface area contributed by atoms with Gasteiger partial charge < -0.3 is 10.1 Å². The molecule has 0 saturated heterocycles. The minimum Gasteiger partial charge on any atom is -0.451 e.